The van der Waals surface area contributed by atoms with Gasteiger partial charge in [0.1, 0.15) is 0 Å². The maximum Gasteiger partial charge on any atom is 0.0998 e. The molecule has 0 saturated heterocycles. The van der Waals surface area contributed by atoms with Crippen molar-refractivity contribution in [1.82, 2.24) is 4.90 Å². The summed E-state index contributed by atoms with van der Waals surface area (Å²) in [6.07, 6.45) is 0. The molecule has 0 N–H and O–H groups in total. The quantitative estimate of drug-likeness (QED) is 0.827. The molecule has 1 atom stereocenters. The second-order valence-electron chi connectivity index (χ2n) is 4.92. The van der Waals surface area contributed by atoms with Gasteiger partial charge in [0.05, 0.1) is 11.6 Å². The lowest BCUT2D eigenvalue weighted by atomic mass is 9.98. The van der Waals surface area contributed by atoms with E-state index in [0.29, 0.717) is 6.04 Å². The van der Waals surface area contributed by atoms with Crippen LogP contribution in [0.15, 0.2) is 48.5 Å². The largest absolute Gasteiger partial charge is 0.303 e. The summed E-state index contributed by atoms with van der Waals surface area (Å²) in [5.74, 6) is 0. The summed E-state index contributed by atoms with van der Waals surface area (Å²) in [4.78, 5) is 2.18. The van der Waals surface area contributed by atoms with Crippen molar-refractivity contribution in [2.75, 3.05) is 14.1 Å². The number of rotatable bonds is 3. The van der Waals surface area contributed by atoms with E-state index in [4.69, 9.17) is 5.26 Å². The summed E-state index contributed by atoms with van der Waals surface area (Å²) in [5, 5.41) is 9.14. The Morgan fingerprint density at radius 3 is 2.21 bits per heavy atom. The predicted molar refractivity (Wildman–Crippen MR) is 78.7 cm³/mol. The van der Waals surface area contributed by atoms with Crippen molar-refractivity contribution in [2.45, 2.75) is 13.0 Å². The van der Waals surface area contributed by atoms with Crippen LogP contribution in [0, 0.1) is 11.3 Å². The Morgan fingerprint density at radius 1 is 1.00 bits per heavy atom. The van der Waals surface area contributed by atoms with E-state index in [9.17, 15) is 0 Å². The van der Waals surface area contributed by atoms with Crippen molar-refractivity contribution in [3.05, 3.63) is 59.7 Å². The topological polar surface area (TPSA) is 27.0 Å². The third-order valence-corrected chi connectivity index (χ3v) is 3.53. The second kappa shape index (κ2) is 5.69. The molecule has 0 amide bonds. The number of hydrogen-bond acceptors (Lipinski definition) is 2. The Labute approximate surface area is 114 Å². The van der Waals surface area contributed by atoms with Crippen molar-refractivity contribution in [2.24, 2.45) is 0 Å². The van der Waals surface area contributed by atoms with Gasteiger partial charge in [-0.25, -0.2) is 0 Å². The van der Waals surface area contributed by atoms with E-state index in [2.05, 4.69) is 56.3 Å². The standard InChI is InChI=1S/C17H18N2/c1-13(19(2)3)14-8-10-15(11-9-14)17-7-5-4-6-16(17)12-18/h4-11,13H,1-3H3/t13-/m0/s1. The Bertz CT molecular complexity index is 591. The molecule has 2 aromatic rings. The van der Waals surface area contributed by atoms with Crippen LogP contribution in [0.25, 0.3) is 11.1 Å². The molecule has 0 aliphatic carbocycles. The van der Waals surface area contributed by atoms with Crippen LogP contribution in [0.1, 0.15) is 24.1 Å². The summed E-state index contributed by atoms with van der Waals surface area (Å²) in [6.45, 7) is 2.18. The molecule has 0 heterocycles. The Balaban J connectivity index is 2.36. The molecule has 2 rings (SSSR count). The number of hydrogen-bond donors (Lipinski definition) is 0. The third kappa shape index (κ3) is 2.83. The Hall–Kier alpha value is -2.11. The van der Waals surface area contributed by atoms with Gasteiger partial charge in [0, 0.05) is 6.04 Å². The van der Waals surface area contributed by atoms with E-state index < -0.39 is 0 Å². The summed E-state index contributed by atoms with van der Waals surface area (Å²) in [6, 6.07) is 18.8. The molecule has 0 aliphatic rings. The first-order chi connectivity index (χ1) is 9.13. The predicted octanol–water partition coefficient (Wildman–Crippen LogP) is 3.85. The van der Waals surface area contributed by atoms with Crippen LogP contribution < -0.4 is 0 Å². The van der Waals surface area contributed by atoms with Crippen LogP contribution in [-0.4, -0.2) is 19.0 Å². The fourth-order valence-electron chi connectivity index (χ4n) is 2.07. The van der Waals surface area contributed by atoms with Gasteiger partial charge in [-0.2, -0.15) is 5.26 Å². The van der Waals surface area contributed by atoms with E-state index in [1.54, 1.807) is 0 Å². The lowest BCUT2D eigenvalue weighted by Crippen LogP contribution is -2.16. The Morgan fingerprint density at radius 2 is 1.63 bits per heavy atom. The molecular weight excluding hydrogens is 232 g/mol. The van der Waals surface area contributed by atoms with Gasteiger partial charge in [-0.3, -0.25) is 0 Å². The maximum atomic E-state index is 9.14. The lowest BCUT2D eigenvalue weighted by Gasteiger charge is -2.20. The fraction of sp³-hybridized carbons (Fsp3) is 0.235. The smallest absolute Gasteiger partial charge is 0.0998 e. The van der Waals surface area contributed by atoms with E-state index in [1.165, 1.54) is 5.56 Å². The van der Waals surface area contributed by atoms with Crippen molar-refractivity contribution >= 4 is 0 Å². The van der Waals surface area contributed by atoms with E-state index in [1.807, 2.05) is 24.3 Å². The molecule has 0 aromatic heterocycles. The van der Waals surface area contributed by atoms with Gasteiger partial charge >= 0.3 is 0 Å². The minimum Gasteiger partial charge on any atom is -0.303 e. The second-order valence-corrected chi connectivity index (χ2v) is 4.92. The van der Waals surface area contributed by atoms with E-state index in [-0.39, 0.29) is 0 Å². The third-order valence-electron chi connectivity index (χ3n) is 3.53. The molecule has 0 bridgehead atoms. The molecule has 96 valence electrons. The zero-order valence-corrected chi connectivity index (χ0v) is 11.6. The molecule has 2 aromatic carbocycles. The highest BCUT2D eigenvalue weighted by molar-refractivity contribution is 5.70. The first kappa shape index (κ1) is 13.3. The highest BCUT2D eigenvalue weighted by atomic mass is 15.1. The minimum atomic E-state index is 0.389. The van der Waals surface area contributed by atoms with Crippen molar-refractivity contribution in [3.63, 3.8) is 0 Å². The first-order valence-corrected chi connectivity index (χ1v) is 6.39. The van der Waals surface area contributed by atoms with Gasteiger partial charge in [-0.1, -0.05) is 42.5 Å². The van der Waals surface area contributed by atoms with Gasteiger partial charge in [-0.15, -0.1) is 0 Å². The molecule has 0 unspecified atom stereocenters. The monoisotopic (exact) mass is 250 g/mol. The zero-order chi connectivity index (χ0) is 13.8. The van der Waals surface area contributed by atoms with Gasteiger partial charge in [0.2, 0.25) is 0 Å². The van der Waals surface area contributed by atoms with Gasteiger partial charge < -0.3 is 4.90 Å². The zero-order valence-electron chi connectivity index (χ0n) is 11.6. The van der Waals surface area contributed by atoms with Crippen molar-refractivity contribution in [1.29, 1.82) is 5.26 Å². The molecule has 0 saturated carbocycles. The van der Waals surface area contributed by atoms with Crippen molar-refractivity contribution < 1.29 is 0 Å². The van der Waals surface area contributed by atoms with Crippen LogP contribution in [0.2, 0.25) is 0 Å². The summed E-state index contributed by atoms with van der Waals surface area (Å²) in [5.41, 5.74) is 4.08. The maximum absolute atomic E-state index is 9.14. The number of nitrogens with zero attached hydrogens (tertiary/aromatic N) is 2. The fourth-order valence-corrected chi connectivity index (χ4v) is 2.07. The molecule has 2 heteroatoms. The summed E-state index contributed by atoms with van der Waals surface area (Å²) >= 11 is 0. The average molecular weight is 250 g/mol. The molecule has 19 heavy (non-hydrogen) atoms. The highest BCUT2D eigenvalue weighted by Gasteiger charge is 2.08. The lowest BCUT2D eigenvalue weighted by molar-refractivity contribution is 0.321. The SMILES string of the molecule is C[C@@H](c1ccc(-c2ccccc2C#N)cc1)N(C)C. The highest BCUT2D eigenvalue weighted by Crippen LogP contribution is 2.25. The van der Waals surface area contributed by atoms with Crippen LogP contribution in [0.5, 0.6) is 0 Å². The number of benzene rings is 2. The average Bonchev–Trinajstić information content (AvgIpc) is 2.46. The van der Waals surface area contributed by atoms with Gasteiger partial charge in [0.15, 0.2) is 0 Å². The van der Waals surface area contributed by atoms with Crippen LogP contribution >= 0.6 is 0 Å². The molecular formula is C17H18N2. The van der Waals surface area contributed by atoms with Crippen LogP contribution in [0.3, 0.4) is 0 Å². The normalized spacial score (nSPS) is 12.2. The molecule has 0 spiro atoms. The first-order valence-electron chi connectivity index (χ1n) is 6.39. The van der Waals surface area contributed by atoms with Gasteiger partial charge in [0.25, 0.3) is 0 Å². The van der Waals surface area contributed by atoms with Crippen molar-refractivity contribution in [3.8, 4) is 17.2 Å². The van der Waals surface area contributed by atoms with E-state index in [0.717, 1.165) is 16.7 Å². The molecule has 0 fully saturated rings. The Kier molecular flexibility index (Phi) is 3.99. The van der Waals surface area contributed by atoms with E-state index >= 15 is 0 Å². The summed E-state index contributed by atoms with van der Waals surface area (Å²) in [7, 11) is 4.15. The molecule has 0 radical (unpaired) electrons. The molecule has 2 nitrogen and oxygen atoms in total. The van der Waals surface area contributed by atoms with Crippen LogP contribution in [0.4, 0.5) is 0 Å². The van der Waals surface area contributed by atoms with Gasteiger partial charge in [-0.05, 0) is 43.8 Å². The number of nitriles is 1. The molecule has 0 aliphatic heterocycles. The minimum absolute atomic E-state index is 0.389. The summed E-state index contributed by atoms with van der Waals surface area (Å²) < 4.78 is 0. The van der Waals surface area contributed by atoms with Crippen LogP contribution in [-0.2, 0) is 0 Å².